The summed E-state index contributed by atoms with van der Waals surface area (Å²) < 4.78 is 22.5. The zero-order valence-corrected chi connectivity index (χ0v) is 14.9. The molecule has 1 N–H and O–H groups in total. The van der Waals surface area contributed by atoms with Crippen molar-refractivity contribution in [3.8, 4) is 23.0 Å². The first-order valence-corrected chi connectivity index (χ1v) is 8.66. The first-order valence-electron chi connectivity index (χ1n) is 8.66. The number of benzene rings is 2. The number of carbonyl (C=O) groups is 1. The van der Waals surface area contributed by atoms with Crippen molar-refractivity contribution in [3.63, 3.8) is 0 Å². The molecule has 0 aromatic heterocycles. The molecule has 0 saturated carbocycles. The van der Waals surface area contributed by atoms with Crippen LogP contribution in [0.25, 0.3) is 0 Å². The van der Waals surface area contributed by atoms with Gasteiger partial charge < -0.3 is 24.3 Å². The molecule has 0 fully saturated rings. The van der Waals surface area contributed by atoms with Crippen molar-refractivity contribution in [3.05, 3.63) is 48.5 Å². The fraction of sp³-hybridized carbons (Fsp3) is 0.350. The van der Waals surface area contributed by atoms with Crippen LogP contribution >= 0.6 is 0 Å². The third-order valence-electron chi connectivity index (χ3n) is 4.05. The van der Waals surface area contributed by atoms with Gasteiger partial charge in [-0.05, 0) is 30.7 Å². The Morgan fingerprint density at radius 3 is 2.73 bits per heavy atom. The number of para-hydroxylation sites is 2. The van der Waals surface area contributed by atoms with Gasteiger partial charge in [0.05, 0.1) is 13.7 Å². The molecule has 0 radical (unpaired) electrons. The number of nitrogens with one attached hydrogen (secondary N) is 1. The minimum Gasteiger partial charge on any atom is -0.497 e. The molecule has 138 valence electrons. The minimum atomic E-state index is -0.584. The molecule has 1 aliphatic rings. The van der Waals surface area contributed by atoms with E-state index in [2.05, 4.69) is 5.32 Å². The lowest BCUT2D eigenvalue weighted by atomic mass is 10.2. The van der Waals surface area contributed by atoms with E-state index in [0.717, 1.165) is 5.75 Å². The van der Waals surface area contributed by atoms with Crippen molar-refractivity contribution in [2.24, 2.45) is 0 Å². The second kappa shape index (κ2) is 8.47. The molecule has 6 nitrogen and oxygen atoms in total. The van der Waals surface area contributed by atoms with Crippen molar-refractivity contribution >= 4 is 5.91 Å². The van der Waals surface area contributed by atoms with Gasteiger partial charge in [-0.1, -0.05) is 25.1 Å². The summed E-state index contributed by atoms with van der Waals surface area (Å²) in [4.78, 5) is 12.5. The maximum atomic E-state index is 12.5. The highest BCUT2D eigenvalue weighted by Crippen LogP contribution is 2.30. The fourth-order valence-corrected chi connectivity index (χ4v) is 2.65. The molecule has 1 amide bonds. The van der Waals surface area contributed by atoms with Gasteiger partial charge in [0.15, 0.2) is 17.6 Å². The first kappa shape index (κ1) is 17.9. The van der Waals surface area contributed by atoms with Gasteiger partial charge >= 0.3 is 0 Å². The summed E-state index contributed by atoms with van der Waals surface area (Å²) in [6.45, 7) is 2.65. The number of ether oxygens (including phenoxy) is 4. The van der Waals surface area contributed by atoms with E-state index in [4.69, 9.17) is 18.9 Å². The van der Waals surface area contributed by atoms with Crippen LogP contribution in [0.5, 0.6) is 23.0 Å². The summed E-state index contributed by atoms with van der Waals surface area (Å²) in [6.07, 6.45) is -0.268. The largest absolute Gasteiger partial charge is 0.497 e. The van der Waals surface area contributed by atoms with E-state index < -0.39 is 6.10 Å². The number of rotatable bonds is 7. The van der Waals surface area contributed by atoms with E-state index in [1.54, 1.807) is 19.2 Å². The van der Waals surface area contributed by atoms with E-state index >= 15 is 0 Å². The Kier molecular flexibility index (Phi) is 5.84. The number of methoxy groups -OCH3 is 1. The van der Waals surface area contributed by atoms with Crippen molar-refractivity contribution < 1.29 is 23.7 Å². The van der Waals surface area contributed by atoms with Crippen LogP contribution in [-0.4, -0.2) is 38.4 Å². The molecule has 0 bridgehead atoms. The van der Waals surface area contributed by atoms with Crippen LogP contribution in [0.2, 0.25) is 0 Å². The minimum absolute atomic E-state index is 0.183. The van der Waals surface area contributed by atoms with Crippen LogP contribution in [0.15, 0.2) is 48.5 Å². The number of carbonyl (C=O) groups excluding carboxylic acids is 1. The van der Waals surface area contributed by atoms with Gasteiger partial charge in [0.1, 0.15) is 24.2 Å². The molecule has 0 aliphatic carbocycles. The first-order chi connectivity index (χ1) is 12.7. The smallest absolute Gasteiger partial charge is 0.261 e. The highest BCUT2D eigenvalue weighted by Gasteiger charge is 2.24. The van der Waals surface area contributed by atoms with Crippen molar-refractivity contribution in [2.75, 3.05) is 20.3 Å². The maximum absolute atomic E-state index is 12.5. The average Bonchev–Trinajstić information content (AvgIpc) is 2.70. The van der Waals surface area contributed by atoms with Gasteiger partial charge in [-0.15, -0.1) is 0 Å². The Morgan fingerprint density at radius 1 is 1.19 bits per heavy atom. The van der Waals surface area contributed by atoms with Crippen LogP contribution < -0.4 is 24.3 Å². The topological polar surface area (TPSA) is 66.0 Å². The molecule has 0 spiro atoms. The predicted octanol–water partition coefficient (Wildman–Crippen LogP) is 2.81. The molecule has 2 atom stereocenters. The lowest BCUT2D eigenvalue weighted by Gasteiger charge is -2.27. The Balaban J connectivity index is 1.53. The average molecular weight is 357 g/mol. The van der Waals surface area contributed by atoms with Gasteiger partial charge in [0.25, 0.3) is 5.91 Å². The number of hydrogen-bond donors (Lipinski definition) is 1. The molecule has 1 aliphatic heterocycles. The Labute approximate surface area is 153 Å². The summed E-state index contributed by atoms with van der Waals surface area (Å²) in [6, 6.07) is 14.7. The molecule has 3 rings (SSSR count). The maximum Gasteiger partial charge on any atom is 0.261 e. The summed E-state index contributed by atoms with van der Waals surface area (Å²) in [5.41, 5.74) is 0. The summed E-state index contributed by atoms with van der Waals surface area (Å²) in [5.74, 6) is 2.51. The molecular weight excluding hydrogens is 334 g/mol. The Morgan fingerprint density at radius 2 is 1.96 bits per heavy atom. The number of amides is 1. The second-order valence-corrected chi connectivity index (χ2v) is 5.94. The molecule has 26 heavy (non-hydrogen) atoms. The van der Waals surface area contributed by atoms with E-state index in [-0.39, 0.29) is 12.0 Å². The van der Waals surface area contributed by atoms with Crippen LogP contribution in [0.3, 0.4) is 0 Å². The lowest BCUT2D eigenvalue weighted by molar-refractivity contribution is -0.128. The molecule has 1 heterocycles. The van der Waals surface area contributed by atoms with Crippen LogP contribution in [0, 0.1) is 0 Å². The zero-order chi connectivity index (χ0) is 18.4. The molecule has 0 unspecified atom stereocenters. The van der Waals surface area contributed by atoms with Crippen LogP contribution in [-0.2, 0) is 4.79 Å². The number of hydrogen-bond acceptors (Lipinski definition) is 5. The van der Waals surface area contributed by atoms with Crippen molar-refractivity contribution in [1.82, 2.24) is 5.32 Å². The third kappa shape index (κ3) is 4.39. The van der Waals surface area contributed by atoms with E-state index in [1.807, 2.05) is 43.3 Å². The molecule has 2 aromatic rings. The molecule has 6 heteroatoms. The van der Waals surface area contributed by atoms with Gasteiger partial charge in [0.2, 0.25) is 0 Å². The zero-order valence-electron chi connectivity index (χ0n) is 14.9. The Hall–Kier alpha value is -2.89. The summed E-state index contributed by atoms with van der Waals surface area (Å²) in [5, 5.41) is 2.88. The SMILES string of the molecule is CC[C@H](Oc1cccc(OC)c1)C(=O)NC[C@@H]1COc2ccccc2O1. The van der Waals surface area contributed by atoms with Crippen molar-refractivity contribution in [1.29, 1.82) is 0 Å². The fourth-order valence-electron chi connectivity index (χ4n) is 2.65. The monoisotopic (exact) mass is 357 g/mol. The Bertz CT molecular complexity index is 748. The standard InChI is InChI=1S/C20H23NO5/c1-3-17(25-15-8-6-7-14(11-15)23-2)20(22)21-12-16-13-24-18-9-4-5-10-19(18)26-16/h4-11,16-17H,3,12-13H2,1-2H3,(H,21,22)/t16-,17+/m1/s1. The highest BCUT2D eigenvalue weighted by molar-refractivity contribution is 5.81. The van der Waals surface area contributed by atoms with Gasteiger partial charge in [-0.3, -0.25) is 4.79 Å². The summed E-state index contributed by atoms with van der Waals surface area (Å²) in [7, 11) is 1.59. The van der Waals surface area contributed by atoms with Crippen LogP contribution in [0.4, 0.5) is 0 Å². The van der Waals surface area contributed by atoms with E-state index in [0.29, 0.717) is 36.8 Å². The molecule has 2 aromatic carbocycles. The third-order valence-corrected chi connectivity index (χ3v) is 4.05. The molecule has 0 saturated heterocycles. The summed E-state index contributed by atoms with van der Waals surface area (Å²) >= 11 is 0. The van der Waals surface area contributed by atoms with E-state index in [1.165, 1.54) is 0 Å². The normalized spacial score (nSPS) is 16.5. The van der Waals surface area contributed by atoms with Crippen molar-refractivity contribution in [2.45, 2.75) is 25.6 Å². The van der Waals surface area contributed by atoms with Crippen LogP contribution in [0.1, 0.15) is 13.3 Å². The second-order valence-electron chi connectivity index (χ2n) is 5.94. The van der Waals surface area contributed by atoms with E-state index in [9.17, 15) is 4.79 Å². The molecular formula is C20H23NO5. The van der Waals surface area contributed by atoms with Gasteiger partial charge in [0, 0.05) is 6.07 Å². The highest BCUT2D eigenvalue weighted by atomic mass is 16.6. The van der Waals surface area contributed by atoms with Gasteiger partial charge in [-0.2, -0.15) is 0 Å². The lowest BCUT2D eigenvalue weighted by Crippen LogP contribution is -2.45. The van der Waals surface area contributed by atoms with Gasteiger partial charge in [-0.25, -0.2) is 0 Å². The predicted molar refractivity (Wildman–Crippen MR) is 97.1 cm³/mol. The quantitative estimate of drug-likeness (QED) is 0.825. The number of fused-ring (bicyclic) bond motifs is 1.